The van der Waals surface area contributed by atoms with Crippen molar-refractivity contribution in [3.63, 3.8) is 0 Å². The quantitative estimate of drug-likeness (QED) is 0.353. The number of pyridine rings is 1. The first-order chi connectivity index (χ1) is 17.4. The average Bonchev–Trinajstić information content (AvgIpc) is 3.28. The smallest absolute Gasteiger partial charge is 0.261 e. The molecule has 0 aliphatic rings. The first kappa shape index (κ1) is 26.1. The highest BCUT2D eigenvalue weighted by molar-refractivity contribution is 7.20. The lowest BCUT2D eigenvalue weighted by Crippen LogP contribution is -2.21. The summed E-state index contributed by atoms with van der Waals surface area (Å²) in [5.74, 6) is 0.111. The molecule has 2 aromatic carbocycles. The van der Waals surface area contributed by atoms with Crippen LogP contribution in [0.3, 0.4) is 0 Å². The number of amides is 1. The van der Waals surface area contributed by atoms with Crippen LogP contribution in [0, 0.1) is 31.0 Å². The van der Waals surface area contributed by atoms with Crippen LogP contribution in [0.2, 0.25) is 0 Å². The molecule has 0 unspecified atom stereocenters. The molecular weight excluding hydrogens is 493 g/mol. The number of benzene rings is 2. The van der Waals surface area contributed by atoms with Crippen molar-refractivity contribution in [1.29, 1.82) is 5.26 Å². The topological polar surface area (TPSA) is 104 Å². The molecule has 0 bridgehead atoms. The van der Waals surface area contributed by atoms with Crippen molar-refractivity contribution in [3.8, 4) is 23.3 Å². The lowest BCUT2D eigenvalue weighted by Gasteiger charge is -2.22. The van der Waals surface area contributed by atoms with Crippen LogP contribution in [0.4, 0.5) is 4.39 Å². The molecule has 0 radical (unpaired) electrons. The van der Waals surface area contributed by atoms with Crippen LogP contribution < -0.4 is 15.5 Å². The number of carbonyl (C=O) groups excluding carboxylic acids is 1. The van der Waals surface area contributed by atoms with Gasteiger partial charge in [-0.2, -0.15) is 5.26 Å². The van der Waals surface area contributed by atoms with Gasteiger partial charge in [0.2, 0.25) is 5.43 Å². The number of rotatable bonds is 6. The Balaban J connectivity index is 2.03. The van der Waals surface area contributed by atoms with Crippen LogP contribution >= 0.6 is 11.3 Å². The number of hydrogen-bond acceptors (Lipinski definition) is 6. The van der Waals surface area contributed by atoms with Gasteiger partial charge in [-0.15, -0.1) is 11.3 Å². The molecule has 0 atom stereocenters. The first-order valence-corrected chi connectivity index (χ1v) is 12.5. The number of ether oxygens (including phenoxy) is 1. The lowest BCUT2D eigenvalue weighted by molar-refractivity contribution is 0.0785. The van der Waals surface area contributed by atoms with E-state index in [-0.39, 0.29) is 22.0 Å². The second kappa shape index (κ2) is 9.81. The molecule has 4 aromatic rings. The van der Waals surface area contributed by atoms with E-state index in [1.807, 2.05) is 6.07 Å². The van der Waals surface area contributed by atoms with E-state index in [4.69, 9.17) is 4.74 Å². The number of nitrogens with zero attached hydrogens (tertiary/aromatic N) is 2. The van der Waals surface area contributed by atoms with E-state index in [2.05, 4.69) is 5.32 Å². The number of nitriles is 1. The Bertz CT molecular complexity index is 1620. The van der Waals surface area contributed by atoms with Gasteiger partial charge in [0, 0.05) is 12.7 Å². The number of aryl methyl sites for hydroxylation is 2. The van der Waals surface area contributed by atoms with Gasteiger partial charge in [0.25, 0.3) is 5.91 Å². The molecule has 0 aliphatic carbocycles. The van der Waals surface area contributed by atoms with Gasteiger partial charge >= 0.3 is 0 Å². The maximum absolute atomic E-state index is 13.9. The average molecular weight is 520 g/mol. The van der Waals surface area contributed by atoms with Crippen molar-refractivity contribution in [1.82, 2.24) is 9.88 Å². The third-order valence-electron chi connectivity index (χ3n) is 5.92. The van der Waals surface area contributed by atoms with Gasteiger partial charge in [-0.3, -0.25) is 9.59 Å². The molecule has 0 fully saturated rings. The Morgan fingerprint density at radius 2 is 1.89 bits per heavy atom. The van der Waals surface area contributed by atoms with E-state index < -0.39 is 11.0 Å². The van der Waals surface area contributed by atoms with Crippen molar-refractivity contribution in [2.24, 2.45) is 0 Å². The number of aliphatic hydroxyl groups is 1. The zero-order chi connectivity index (χ0) is 27.1. The van der Waals surface area contributed by atoms with Gasteiger partial charge in [0.05, 0.1) is 21.7 Å². The van der Waals surface area contributed by atoms with Gasteiger partial charge in [0.15, 0.2) is 5.75 Å². The maximum atomic E-state index is 13.9. The molecule has 190 valence electrons. The van der Waals surface area contributed by atoms with Gasteiger partial charge < -0.3 is 19.7 Å². The number of fused-ring (bicyclic) bond motifs is 1. The fourth-order valence-electron chi connectivity index (χ4n) is 4.08. The van der Waals surface area contributed by atoms with Crippen LogP contribution in [0.15, 0.2) is 47.4 Å². The third-order valence-corrected chi connectivity index (χ3v) is 7.05. The Morgan fingerprint density at radius 3 is 2.49 bits per heavy atom. The lowest BCUT2D eigenvalue weighted by atomic mass is 9.97. The molecule has 9 heteroatoms. The molecule has 2 heterocycles. The summed E-state index contributed by atoms with van der Waals surface area (Å²) < 4.78 is 22.1. The molecule has 2 N–H and O–H groups in total. The molecule has 0 aliphatic heterocycles. The fraction of sp³-hybridized carbons (Fsp3) is 0.250. The summed E-state index contributed by atoms with van der Waals surface area (Å²) in [6.07, 6.45) is 1.40. The van der Waals surface area contributed by atoms with E-state index in [0.717, 1.165) is 11.3 Å². The minimum atomic E-state index is -1.20. The number of hydrogen-bond donors (Lipinski definition) is 2. The normalized spacial score (nSPS) is 11.4. The van der Waals surface area contributed by atoms with Gasteiger partial charge in [-0.1, -0.05) is 6.07 Å². The van der Waals surface area contributed by atoms with Crippen LogP contribution in [-0.2, 0) is 5.60 Å². The summed E-state index contributed by atoms with van der Waals surface area (Å²) in [4.78, 5) is 25.9. The minimum absolute atomic E-state index is 0.106. The molecule has 0 spiro atoms. The Morgan fingerprint density at radius 1 is 1.22 bits per heavy atom. The van der Waals surface area contributed by atoms with Crippen molar-refractivity contribution < 1.29 is 19.0 Å². The summed E-state index contributed by atoms with van der Waals surface area (Å²) >= 11 is 1.01. The molecule has 0 saturated heterocycles. The molecule has 0 saturated carbocycles. The highest BCUT2D eigenvalue weighted by Gasteiger charge is 2.23. The van der Waals surface area contributed by atoms with Gasteiger partial charge in [0.1, 0.15) is 27.9 Å². The standard InChI is InChI=1S/C28H26FN3O4S/c1-6-31-27(34)23-12-21-26(37-23)24(33)17(13-30)14-32(21)20-11-18(28(4,5)35)7-8-22(20)36-25-15(2)9-19(29)10-16(25)3/h7-12,14,35H,6H2,1-5H3,(H,31,34). The van der Waals surface area contributed by atoms with Crippen LogP contribution in [0.25, 0.3) is 15.9 Å². The first-order valence-electron chi connectivity index (χ1n) is 11.6. The number of aromatic nitrogens is 1. The summed E-state index contributed by atoms with van der Waals surface area (Å²) in [7, 11) is 0. The predicted octanol–water partition coefficient (Wildman–Crippen LogP) is 5.45. The van der Waals surface area contributed by atoms with Gasteiger partial charge in [-0.25, -0.2) is 4.39 Å². The number of carbonyl (C=O) groups is 1. The number of halogens is 1. The Labute approximate surface area is 217 Å². The minimum Gasteiger partial charge on any atom is -0.455 e. The SMILES string of the molecule is CCNC(=O)c1cc2c(s1)c(=O)c(C#N)cn2-c1cc(C(C)(C)O)ccc1Oc1c(C)cc(F)cc1C. The summed E-state index contributed by atoms with van der Waals surface area (Å²) in [6.45, 7) is 8.96. The highest BCUT2D eigenvalue weighted by Crippen LogP contribution is 2.37. The van der Waals surface area contributed by atoms with E-state index in [1.54, 1.807) is 63.5 Å². The second-order valence-corrected chi connectivity index (χ2v) is 10.3. The number of nitrogens with one attached hydrogen (secondary N) is 1. The molecule has 7 nitrogen and oxygen atoms in total. The molecule has 1 amide bonds. The Kier molecular flexibility index (Phi) is 6.91. The molecule has 2 aromatic heterocycles. The van der Waals surface area contributed by atoms with Crippen LogP contribution in [0.5, 0.6) is 11.5 Å². The van der Waals surface area contributed by atoms with Crippen molar-refractivity contribution >= 4 is 27.5 Å². The number of thiophene rings is 1. The molecular formula is C28H26FN3O4S. The summed E-state index contributed by atoms with van der Waals surface area (Å²) in [5.41, 5.74) is 0.813. The zero-order valence-electron chi connectivity index (χ0n) is 21.1. The highest BCUT2D eigenvalue weighted by atomic mass is 32.1. The van der Waals surface area contributed by atoms with E-state index in [9.17, 15) is 24.3 Å². The zero-order valence-corrected chi connectivity index (χ0v) is 21.9. The molecule has 4 rings (SSSR count). The van der Waals surface area contributed by atoms with Crippen LogP contribution in [-0.4, -0.2) is 22.1 Å². The third kappa shape index (κ3) is 4.99. The van der Waals surface area contributed by atoms with E-state index in [0.29, 0.717) is 50.8 Å². The monoisotopic (exact) mass is 519 g/mol. The Hall–Kier alpha value is -4.00. The largest absolute Gasteiger partial charge is 0.455 e. The second-order valence-electron chi connectivity index (χ2n) is 9.25. The fourth-order valence-corrected chi connectivity index (χ4v) is 5.10. The van der Waals surface area contributed by atoms with Gasteiger partial charge in [-0.05, 0) is 81.6 Å². The van der Waals surface area contributed by atoms with Crippen LogP contribution in [0.1, 0.15) is 52.7 Å². The van der Waals surface area contributed by atoms with Crippen molar-refractivity contribution in [3.05, 3.63) is 85.8 Å². The van der Waals surface area contributed by atoms with E-state index >= 15 is 0 Å². The van der Waals surface area contributed by atoms with Crippen molar-refractivity contribution in [2.75, 3.05) is 6.54 Å². The summed E-state index contributed by atoms with van der Waals surface area (Å²) in [6, 6.07) is 11.4. The molecule has 37 heavy (non-hydrogen) atoms. The maximum Gasteiger partial charge on any atom is 0.261 e. The summed E-state index contributed by atoms with van der Waals surface area (Å²) in [5, 5.41) is 23.1. The van der Waals surface area contributed by atoms with Crippen molar-refractivity contribution in [2.45, 2.75) is 40.2 Å². The van der Waals surface area contributed by atoms with E-state index in [1.165, 1.54) is 18.3 Å². The predicted molar refractivity (Wildman–Crippen MR) is 141 cm³/mol.